The van der Waals surface area contributed by atoms with Crippen molar-refractivity contribution in [1.29, 1.82) is 0 Å². The Kier molecular flexibility index (Phi) is 5.08. The van der Waals surface area contributed by atoms with Crippen molar-refractivity contribution in [2.75, 3.05) is 6.54 Å². The Bertz CT molecular complexity index is 1470. The van der Waals surface area contributed by atoms with E-state index in [4.69, 9.17) is 4.52 Å². The molecule has 1 saturated heterocycles. The molecule has 1 aliphatic heterocycles. The maximum atomic E-state index is 13.4. The number of aromatic nitrogens is 6. The van der Waals surface area contributed by atoms with Crippen molar-refractivity contribution in [3.05, 3.63) is 71.0 Å². The van der Waals surface area contributed by atoms with E-state index in [1.54, 1.807) is 61.7 Å². The van der Waals surface area contributed by atoms with Gasteiger partial charge in [0.2, 0.25) is 0 Å². The number of rotatable bonds is 6. The van der Waals surface area contributed by atoms with E-state index < -0.39 is 24.0 Å². The molecule has 1 aliphatic rings. The molecule has 0 aliphatic carbocycles. The van der Waals surface area contributed by atoms with Crippen molar-refractivity contribution in [2.24, 2.45) is 0 Å². The first kappa shape index (κ1) is 22.2. The fourth-order valence-electron chi connectivity index (χ4n) is 4.36. The summed E-state index contributed by atoms with van der Waals surface area (Å²) in [6.07, 6.45) is 1.43. The van der Waals surface area contributed by atoms with Gasteiger partial charge in [0, 0.05) is 23.0 Å². The quantitative estimate of drug-likeness (QED) is 0.330. The van der Waals surface area contributed by atoms with Crippen LogP contribution in [0.1, 0.15) is 40.0 Å². The zero-order chi connectivity index (χ0) is 24.9. The highest BCUT2D eigenvalue weighted by Crippen LogP contribution is 2.30. The van der Waals surface area contributed by atoms with E-state index >= 15 is 0 Å². The van der Waals surface area contributed by atoms with E-state index in [2.05, 4.69) is 26.0 Å². The van der Waals surface area contributed by atoms with Crippen LogP contribution in [0.25, 0.3) is 11.5 Å². The predicted molar refractivity (Wildman–Crippen MR) is 121 cm³/mol. The lowest BCUT2D eigenvalue weighted by molar-refractivity contribution is -0.130. The van der Waals surface area contributed by atoms with Gasteiger partial charge in [-0.3, -0.25) is 19.1 Å². The van der Waals surface area contributed by atoms with Gasteiger partial charge in [-0.1, -0.05) is 17.3 Å². The van der Waals surface area contributed by atoms with E-state index in [0.29, 0.717) is 34.1 Å². The van der Waals surface area contributed by atoms with Crippen molar-refractivity contribution >= 4 is 17.7 Å². The molecule has 1 N–H and O–H groups in total. The summed E-state index contributed by atoms with van der Waals surface area (Å²) >= 11 is 0. The van der Waals surface area contributed by atoms with Crippen LogP contribution in [0.5, 0.6) is 0 Å². The summed E-state index contributed by atoms with van der Waals surface area (Å²) in [5.74, 6) is 0.315. The molecular formula is C23H22N8O4. The van der Waals surface area contributed by atoms with Gasteiger partial charge in [0.1, 0.15) is 17.6 Å². The third-order valence-corrected chi connectivity index (χ3v) is 6.19. The van der Waals surface area contributed by atoms with Crippen LogP contribution >= 0.6 is 0 Å². The first-order chi connectivity index (χ1) is 16.7. The van der Waals surface area contributed by atoms with Gasteiger partial charge >= 0.3 is 6.03 Å². The van der Waals surface area contributed by atoms with Crippen LogP contribution in [-0.2, 0) is 10.3 Å². The predicted octanol–water partition coefficient (Wildman–Crippen LogP) is 2.02. The summed E-state index contributed by atoms with van der Waals surface area (Å²) in [5, 5.41) is 17.8. The number of hydrogen-bond donors (Lipinski definition) is 1. The van der Waals surface area contributed by atoms with Crippen LogP contribution in [0.2, 0.25) is 0 Å². The second kappa shape index (κ2) is 8.01. The van der Waals surface area contributed by atoms with E-state index in [0.717, 1.165) is 10.6 Å². The normalized spacial score (nSPS) is 17.8. The molecule has 178 valence electrons. The number of hydrogen-bond acceptors (Lipinski definition) is 8. The first-order valence-electron chi connectivity index (χ1n) is 10.8. The number of urea groups is 1. The maximum Gasteiger partial charge on any atom is 0.325 e. The van der Waals surface area contributed by atoms with Crippen LogP contribution in [0, 0.1) is 20.8 Å². The Balaban J connectivity index is 1.41. The average Bonchev–Trinajstić information content (AvgIpc) is 3.60. The maximum absolute atomic E-state index is 13.4. The van der Waals surface area contributed by atoms with Gasteiger partial charge in [0.15, 0.2) is 11.6 Å². The Labute approximate surface area is 199 Å². The molecular weight excluding hydrogens is 452 g/mol. The fourth-order valence-corrected chi connectivity index (χ4v) is 4.36. The number of tetrazole rings is 1. The van der Waals surface area contributed by atoms with Gasteiger partial charge in [-0.2, -0.15) is 0 Å². The highest BCUT2D eigenvalue weighted by molar-refractivity contribution is 6.11. The standard InChI is InChI=1S/C23H22N8O4/c1-13-8-18(15(3)31(13)20-9-14(2)35-26-20)19(32)11-29-21(33)23(4,25-22(29)34)16-6-5-7-17(10-16)30-12-24-27-28-30/h5-10,12H,11H2,1-4H3,(H,25,34)/t23-/m1/s1. The highest BCUT2D eigenvalue weighted by atomic mass is 16.5. The molecule has 1 aromatic carbocycles. The van der Waals surface area contributed by atoms with Crippen molar-refractivity contribution in [3.63, 3.8) is 0 Å². The van der Waals surface area contributed by atoms with E-state index in [9.17, 15) is 14.4 Å². The first-order valence-corrected chi connectivity index (χ1v) is 10.8. The lowest BCUT2D eigenvalue weighted by Crippen LogP contribution is -2.41. The SMILES string of the molecule is Cc1cc(-n2c(C)cc(C(=O)CN3C(=O)N[C@](C)(c4cccc(-n5cnnn5)c4)C3=O)c2C)no1. The zero-order valence-corrected chi connectivity index (χ0v) is 19.5. The lowest BCUT2D eigenvalue weighted by Gasteiger charge is -2.22. The molecule has 0 radical (unpaired) electrons. The molecule has 12 heteroatoms. The fraction of sp³-hybridized carbons (Fsp3) is 0.261. The van der Waals surface area contributed by atoms with Crippen LogP contribution in [-0.4, -0.2) is 59.1 Å². The molecule has 3 amide bonds. The van der Waals surface area contributed by atoms with Gasteiger partial charge in [-0.25, -0.2) is 9.48 Å². The zero-order valence-electron chi connectivity index (χ0n) is 19.5. The number of nitrogens with one attached hydrogen (secondary N) is 1. The van der Waals surface area contributed by atoms with E-state index in [1.165, 1.54) is 11.0 Å². The monoisotopic (exact) mass is 474 g/mol. The third-order valence-electron chi connectivity index (χ3n) is 6.19. The van der Waals surface area contributed by atoms with Gasteiger partial charge < -0.3 is 9.84 Å². The van der Waals surface area contributed by atoms with Gasteiger partial charge in [0.05, 0.1) is 12.2 Å². The Morgan fingerprint density at radius 2 is 1.94 bits per heavy atom. The summed E-state index contributed by atoms with van der Waals surface area (Å²) in [6, 6.07) is 9.80. The Morgan fingerprint density at radius 1 is 1.14 bits per heavy atom. The smallest absolute Gasteiger partial charge is 0.325 e. The van der Waals surface area contributed by atoms with Crippen LogP contribution in [0.3, 0.4) is 0 Å². The largest absolute Gasteiger partial charge is 0.360 e. The van der Waals surface area contributed by atoms with Gasteiger partial charge in [0.25, 0.3) is 5.91 Å². The molecule has 0 bridgehead atoms. The molecule has 5 rings (SSSR count). The second-order valence-electron chi connectivity index (χ2n) is 8.59. The van der Waals surface area contributed by atoms with Crippen LogP contribution in [0.4, 0.5) is 4.79 Å². The average molecular weight is 474 g/mol. The Hall–Kier alpha value is -4.61. The van der Waals surface area contributed by atoms with Crippen molar-refractivity contribution in [2.45, 2.75) is 33.2 Å². The van der Waals surface area contributed by atoms with Crippen molar-refractivity contribution in [3.8, 4) is 11.5 Å². The molecule has 4 aromatic rings. The molecule has 1 fully saturated rings. The molecule has 0 saturated carbocycles. The van der Waals surface area contributed by atoms with Gasteiger partial charge in [-0.05, 0) is 61.9 Å². The number of carbonyl (C=O) groups excluding carboxylic acids is 3. The summed E-state index contributed by atoms with van der Waals surface area (Å²) in [6.45, 7) is 6.62. The molecule has 0 unspecified atom stereocenters. The minimum atomic E-state index is -1.35. The molecule has 12 nitrogen and oxygen atoms in total. The second-order valence-corrected chi connectivity index (χ2v) is 8.59. The minimum Gasteiger partial charge on any atom is -0.360 e. The topological polar surface area (TPSA) is 141 Å². The number of carbonyl (C=O) groups is 3. The van der Waals surface area contributed by atoms with Crippen LogP contribution < -0.4 is 5.32 Å². The number of amides is 3. The number of ketones is 1. The van der Waals surface area contributed by atoms with Crippen molar-refractivity contribution in [1.82, 2.24) is 40.1 Å². The van der Waals surface area contributed by atoms with E-state index in [1.807, 2.05) is 6.92 Å². The third kappa shape index (κ3) is 3.59. The van der Waals surface area contributed by atoms with Gasteiger partial charge in [-0.15, -0.1) is 5.10 Å². The molecule has 1 atom stereocenters. The minimum absolute atomic E-state index is 0.361. The number of benzene rings is 1. The summed E-state index contributed by atoms with van der Waals surface area (Å²) in [5.41, 5.74) is 1.64. The molecule has 4 heterocycles. The lowest BCUT2D eigenvalue weighted by atomic mass is 9.91. The van der Waals surface area contributed by atoms with Crippen molar-refractivity contribution < 1.29 is 18.9 Å². The number of imide groups is 1. The summed E-state index contributed by atoms with van der Waals surface area (Å²) in [4.78, 5) is 40.4. The van der Waals surface area contributed by atoms with Crippen LogP contribution in [0.15, 0.2) is 47.2 Å². The summed E-state index contributed by atoms with van der Waals surface area (Å²) < 4.78 is 8.40. The molecule has 0 spiro atoms. The van der Waals surface area contributed by atoms with E-state index in [-0.39, 0.29) is 5.78 Å². The molecule has 3 aromatic heterocycles. The Morgan fingerprint density at radius 3 is 2.63 bits per heavy atom. The highest BCUT2D eigenvalue weighted by Gasteiger charge is 2.49. The number of nitrogens with zero attached hydrogens (tertiary/aromatic N) is 7. The number of Topliss-reactive ketones (excluding diaryl/α,β-unsaturated/α-hetero) is 1. The molecule has 35 heavy (non-hydrogen) atoms. The summed E-state index contributed by atoms with van der Waals surface area (Å²) in [7, 11) is 0. The number of aryl methyl sites for hydroxylation is 2.